The molecule has 4 N–H and O–H groups in total. The van der Waals surface area contributed by atoms with Gasteiger partial charge in [-0.05, 0) is 18.7 Å². The Kier molecular flexibility index (Phi) is 5.10. The lowest BCUT2D eigenvalue weighted by atomic mass is 10.3. The molecule has 3 heterocycles. The molecule has 3 rings (SSSR count). The number of fused-ring (bicyclic) bond motifs is 1. The van der Waals surface area contributed by atoms with Crippen LogP contribution in [0, 0.1) is 0 Å². The third kappa shape index (κ3) is 3.74. The maximum atomic E-state index is 11.7. The van der Waals surface area contributed by atoms with Crippen LogP contribution in [-0.2, 0) is 16.0 Å². The van der Waals surface area contributed by atoms with Crippen molar-refractivity contribution in [1.29, 1.82) is 0 Å². The minimum atomic E-state index is -0.552. The average Bonchev–Trinajstić information content (AvgIpc) is 2.88. The van der Waals surface area contributed by atoms with Crippen molar-refractivity contribution in [2.75, 3.05) is 18.5 Å². The average molecular weight is 322 g/mol. The van der Waals surface area contributed by atoms with E-state index in [4.69, 9.17) is 24.8 Å². The summed E-state index contributed by atoms with van der Waals surface area (Å²) in [5.74, 6) is 0.734. The van der Waals surface area contributed by atoms with E-state index in [1.54, 1.807) is 12.1 Å². The van der Waals surface area contributed by atoms with Crippen molar-refractivity contribution >= 4 is 18.2 Å². The topological polar surface area (TPSA) is 150 Å². The number of nitrogens with one attached hydrogen (secondary N) is 1. The fourth-order valence-electron chi connectivity index (χ4n) is 1.89. The SMILES string of the molecule is NCCc1cn(-c2ccc3c(n2)NC(=O)CO3)c(=O)o1.O=CO. The molecule has 0 fully saturated rings. The second kappa shape index (κ2) is 7.22. The van der Waals surface area contributed by atoms with Crippen LogP contribution in [0.25, 0.3) is 5.82 Å². The first kappa shape index (κ1) is 16.2. The largest absolute Gasteiger partial charge is 0.483 e. The molecule has 0 aliphatic carbocycles. The molecule has 0 radical (unpaired) electrons. The molecule has 0 saturated heterocycles. The normalized spacial score (nSPS) is 12.3. The van der Waals surface area contributed by atoms with Crippen molar-refractivity contribution in [1.82, 2.24) is 9.55 Å². The molecule has 0 unspecified atom stereocenters. The van der Waals surface area contributed by atoms with Gasteiger partial charge in [0.2, 0.25) is 0 Å². The Hall–Kier alpha value is -3.14. The van der Waals surface area contributed by atoms with Gasteiger partial charge >= 0.3 is 5.76 Å². The number of hydrogen-bond donors (Lipinski definition) is 3. The first-order chi connectivity index (χ1) is 11.1. The van der Waals surface area contributed by atoms with E-state index < -0.39 is 5.76 Å². The van der Waals surface area contributed by atoms with E-state index in [1.165, 1.54) is 10.8 Å². The highest BCUT2D eigenvalue weighted by molar-refractivity contribution is 5.94. The smallest absolute Gasteiger partial charge is 0.424 e. The van der Waals surface area contributed by atoms with Crippen molar-refractivity contribution < 1.29 is 23.8 Å². The van der Waals surface area contributed by atoms with E-state index in [-0.39, 0.29) is 24.8 Å². The molecule has 0 atom stereocenters. The summed E-state index contributed by atoms with van der Waals surface area (Å²) < 4.78 is 11.5. The van der Waals surface area contributed by atoms with Crippen LogP contribution in [0.5, 0.6) is 5.75 Å². The van der Waals surface area contributed by atoms with Gasteiger partial charge in [0.1, 0.15) is 11.6 Å². The van der Waals surface area contributed by atoms with E-state index in [0.29, 0.717) is 30.3 Å². The molecule has 0 bridgehead atoms. The predicted octanol–water partition coefficient (Wildman–Crippen LogP) is -0.642. The molecule has 0 aromatic carbocycles. The molecular weight excluding hydrogens is 308 g/mol. The molecule has 1 amide bonds. The number of hydrogen-bond acceptors (Lipinski definition) is 7. The molecule has 0 spiro atoms. The monoisotopic (exact) mass is 322 g/mol. The summed E-state index contributed by atoms with van der Waals surface area (Å²) in [5.41, 5.74) is 5.41. The zero-order chi connectivity index (χ0) is 16.8. The number of nitrogens with zero attached hydrogens (tertiary/aromatic N) is 2. The van der Waals surface area contributed by atoms with Gasteiger partial charge in [-0.1, -0.05) is 0 Å². The number of nitrogens with two attached hydrogens (primary N) is 1. The molecule has 2 aromatic heterocycles. The number of pyridine rings is 1. The second-order valence-electron chi connectivity index (χ2n) is 4.33. The van der Waals surface area contributed by atoms with E-state index >= 15 is 0 Å². The van der Waals surface area contributed by atoms with Crippen LogP contribution in [0.2, 0.25) is 0 Å². The first-order valence-corrected chi connectivity index (χ1v) is 6.52. The van der Waals surface area contributed by atoms with E-state index in [0.717, 1.165) is 0 Å². The van der Waals surface area contributed by atoms with Crippen LogP contribution in [-0.4, -0.2) is 40.2 Å². The molecule has 1 aliphatic rings. The van der Waals surface area contributed by atoms with Gasteiger partial charge in [0, 0.05) is 6.42 Å². The number of carboxylic acid groups (broad SMARTS) is 1. The van der Waals surface area contributed by atoms with Crippen LogP contribution < -0.4 is 21.5 Å². The number of rotatable bonds is 3. The van der Waals surface area contributed by atoms with Crippen molar-refractivity contribution in [2.45, 2.75) is 6.42 Å². The zero-order valence-electron chi connectivity index (χ0n) is 11.9. The highest BCUT2D eigenvalue weighted by Crippen LogP contribution is 2.26. The van der Waals surface area contributed by atoms with E-state index in [2.05, 4.69) is 10.3 Å². The molecule has 10 nitrogen and oxygen atoms in total. The maximum absolute atomic E-state index is 11.7. The number of anilines is 1. The standard InChI is InChI=1S/C12H12N4O4.CH2O2/c13-4-3-7-5-16(12(18)20-7)9-2-1-8-11(14-9)15-10(17)6-19-8;2-1-3/h1-2,5H,3-4,6,13H2,(H,14,15,17);1H,(H,2,3). The van der Waals surface area contributed by atoms with Crippen LogP contribution in [0.15, 0.2) is 27.5 Å². The minimum Gasteiger partial charge on any atom is -0.483 e. The summed E-state index contributed by atoms with van der Waals surface area (Å²) in [7, 11) is 0. The van der Waals surface area contributed by atoms with Crippen LogP contribution in [0.1, 0.15) is 5.76 Å². The summed E-state index contributed by atoms with van der Waals surface area (Å²) >= 11 is 0. The van der Waals surface area contributed by atoms with Gasteiger partial charge in [-0.25, -0.2) is 14.3 Å². The lowest BCUT2D eigenvalue weighted by molar-refractivity contribution is -0.123. The third-order valence-corrected chi connectivity index (χ3v) is 2.79. The van der Waals surface area contributed by atoms with E-state index in [9.17, 15) is 9.59 Å². The van der Waals surface area contributed by atoms with Crippen LogP contribution >= 0.6 is 0 Å². The van der Waals surface area contributed by atoms with Gasteiger partial charge in [-0.15, -0.1) is 0 Å². The van der Waals surface area contributed by atoms with Crippen molar-refractivity contribution in [3.63, 3.8) is 0 Å². The number of ether oxygens (including phenoxy) is 1. The molecule has 2 aromatic rings. The summed E-state index contributed by atoms with van der Waals surface area (Å²) in [6.45, 7) is 0.0921. The molecule has 122 valence electrons. The minimum absolute atomic E-state index is 0.0413. The quantitative estimate of drug-likeness (QED) is 0.631. The highest BCUT2D eigenvalue weighted by Gasteiger charge is 2.18. The van der Waals surface area contributed by atoms with Gasteiger partial charge < -0.3 is 25.3 Å². The highest BCUT2D eigenvalue weighted by atomic mass is 16.5. The summed E-state index contributed by atoms with van der Waals surface area (Å²) in [5, 5.41) is 9.47. The fourth-order valence-corrected chi connectivity index (χ4v) is 1.89. The number of amides is 1. The van der Waals surface area contributed by atoms with Crippen molar-refractivity contribution in [3.8, 4) is 11.6 Å². The fraction of sp³-hybridized carbons (Fsp3) is 0.231. The number of carbonyl (C=O) groups is 2. The Morgan fingerprint density at radius 3 is 2.87 bits per heavy atom. The molecule has 0 saturated carbocycles. The Labute approximate surface area is 129 Å². The van der Waals surface area contributed by atoms with E-state index in [1.807, 2.05) is 0 Å². The van der Waals surface area contributed by atoms with Gasteiger partial charge in [-0.2, -0.15) is 0 Å². The number of carbonyl (C=O) groups excluding carboxylic acids is 1. The van der Waals surface area contributed by atoms with Gasteiger partial charge in [0.05, 0.1) is 6.20 Å². The molecular formula is C13H14N4O6. The van der Waals surface area contributed by atoms with Crippen LogP contribution in [0.3, 0.4) is 0 Å². The van der Waals surface area contributed by atoms with Gasteiger partial charge in [-0.3, -0.25) is 9.59 Å². The second-order valence-corrected chi connectivity index (χ2v) is 4.33. The van der Waals surface area contributed by atoms with Gasteiger partial charge in [0.15, 0.2) is 18.2 Å². The van der Waals surface area contributed by atoms with Crippen molar-refractivity contribution in [2.24, 2.45) is 5.73 Å². The Morgan fingerprint density at radius 2 is 2.17 bits per heavy atom. The Morgan fingerprint density at radius 1 is 1.43 bits per heavy atom. The predicted molar refractivity (Wildman–Crippen MR) is 77.7 cm³/mol. The van der Waals surface area contributed by atoms with Crippen molar-refractivity contribution in [3.05, 3.63) is 34.6 Å². The summed E-state index contributed by atoms with van der Waals surface area (Å²) in [4.78, 5) is 35.5. The summed E-state index contributed by atoms with van der Waals surface area (Å²) in [6.07, 6.45) is 2.00. The third-order valence-electron chi connectivity index (χ3n) is 2.79. The lowest BCUT2D eigenvalue weighted by Gasteiger charge is -2.17. The first-order valence-electron chi connectivity index (χ1n) is 6.52. The number of oxazole rings is 1. The molecule has 10 heteroatoms. The molecule has 23 heavy (non-hydrogen) atoms. The maximum Gasteiger partial charge on any atom is 0.424 e. The summed E-state index contributed by atoms with van der Waals surface area (Å²) in [6, 6.07) is 3.25. The molecule has 1 aliphatic heterocycles. The lowest BCUT2D eigenvalue weighted by Crippen LogP contribution is -2.26. The Bertz CT molecular complexity index is 766. The van der Waals surface area contributed by atoms with Crippen LogP contribution in [0.4, 0.5) is 5.82 Å². The Balaban J connectivity index is 0.000000595. The van der Waals surface area contributed by atoms with Gasteiger partial charge in [0.25, 0.3) is 12.4 Å². The zero-order valence-corrected chi connectivity index (χ0v) is 11.9. The number of aromatic nitrogens is 2.